The molecule has 0 spiro atoms. The number of hydrogen-bond donors (Lipinski definition) is 2. The number of anilines is 1. The number of rotatable bonds is 3. The summed E-state index contributed by atoms with van der Waals surface area (Å²) in [6.45, 7) is 0.884. The normalized spacial score (nSPS) is 19.7. The quantitative estimate of drug-likeness (QED) is 0.852. The molecule has 0 radical (unpaired) electrons. The van der Waals surface area contributed by atoms with Gasteiger partial charge >= 0.3 is 0 Å². The van der Waals surface area contributed by atoms with Gasteiger partial charge in [-0.1, -0.05) is 12.1 Å². The zero-order valence-corrected chi connectivity index (χ0v) is 10.5. The summed E-state index contributed by atoms with van der Waals surface area (Å²) in [4.78, 5) is 12.0. The maximum atomic E-state index is 12.0. The number of benzene rings is 1. The van der Waals surface area contributed by atoms with Crippen LogP contribution in [-0.2, 0) is 4.79 Å². The van der Waals surface area contributed by atoms with Gasteiger partial charge in [0.15, 0.2) is 0 Å². The molecule has 1 aromatic carbocycles. The molecule has 17 heavy (non-hydrogen) atoms. The number of para-hydroxylation sites is 2. The lowest BCUT2D eigenvalue weighted by Crippen LogP contribution is -2.46. The second-order valence-electron chi connectivity index (χ2n) is 3.77. The van der Waals surface area contributed by atoms with Crippen molar-refractivity contribution >= 4 is 23.4 Å². The highest BCUT2D eigenvalue weighted by Crippen LogP contribution is 2.23. The van der Waals surface area contributed by atoms with Crippen molar-refractivity contribution in [3.63, 3.8) is 0 Å². The molecule has 92 valence electrons. The summed E-state index contributed by atoms with van der Waals surface area (Å²) in [5.41, 5.74) is 0.720. The zero-order valence-electron chi connectivity index (χ0n) is 9.73. The number of carbonyl (C=O) groups is 1. The summed E-state index contributed by atoms with van der Waals surface area (Å²) in [7, 11) is 1.60. The highest BCUT2D eigenvalue weighted by molar-refractivity contribution is 7.99. The summed E-state index contributed by atoms with van der Waals surface area (Å²) in [5, 5.41) is 6.09. The molecule has 4 nitrogen and oxygen atoms in total. The van der Waals surface area contributed by atoms with Gasteiger partial charge < -0.3 is 15.4 Å². The fourth-order valence-electron chi connectivity index (χ4n) is 1.70. The van der Waals surface area contributed by atoms with Gasteiger partial charge in [-0.15, -0.1) is 0 Å². The van der Waals surface area contributed by atoms with Crippen LogP contribution in [0.4, 0.5) is 5.69 Å². The minimum Gasteiger partial charge on any atom is -0.495 e. The van der Waals surface area contributed by atoms with E-state index in [1.54, 1.807) is 18.9 Å². The molecule has 2 rings (SSSR count). The molecule has 5 heteroatoms. The number of methoxy groups -OCH3 is 1. The first-order valence-electron chi connectivity index (χ1n) is 5.56. The minimum atomic E-state index is -0.112. The molecule has 1 aliphatic heterocycles. The Morgan fingerprint density at radius 1 is 1.53 bits per heavy atom. The Hall–Kier alpha value is -1.20. The van der Waals surface area contributed by atoms with Gasteiger partial charge in [0.2, 0.25) is 5.91 Å². The highest BCUT2D eigenvalue weighted by Gasteiger charge is 2.21. The molecule has 0 bridgehead atoms. The van der Waals surface area contributed by atoms with Crippen LogP contribution in [0.15, 0.2) is 24.3 Å². The average Bonchev–Trinajstić information content (AvgIpc) is 2.40. The van der Waals surface area contributed by atoms with E-state index in [4.69, 9.17) is 4.74 Å². The van der Waals surface area contributed by atoms with Gasteiger partial charge in [-0.05, 0) is 12.1 Å². The van der Waals surface area contributed by atoms with Gasteiger partial charge in [-0.25, -0.2) is 0 Å². The van der Waals surface area contributed by atoms with E-state index in [-0.39, 0.29) is 11.9 Å². The number of hydrogen-bond acceptors (Lipinski definition) is 4. The number of ether oxygens (including phenoxy) is 1. The Kier molecular flexibility index (Phi) is 4.28. The monoisotopic (exact) mass is 252 g/mol. The summed E-state index contributed by atoms with van der Waals surface area (Å²) in [5.74, 6) is 2.57. The third-order valence-electron chi connectivity index (χ3n) is 2.60. The Balaban J connectivity index is 2.01. The van der Waals surface area contributed by atoms with Crippen LogP contribution in [-0.4, -0.2) is 37.1 Å². The van der Waals surface area contributed by atoms with Crippen molar-refractivity contribution in [3.05, 3.63) is 24.3 Å². The zero-order chi connectivity index (χ0) is 12.1. The van der Waals surface area contributed by atoms with Crippen LogP contribution in [0, 0.1) is 0 Å². The van der Waals surface area contributed by atoms with E-state index < -0.39 is 0 Å². The molecule has 1 aliphatic rings. The minimum absolute atomic E-state index is 0.00157. The molecule has 0 aromatic heterocycles. The van der Waals surface area contributed by atoms with E-state index in [1.807, 2.05) is 24.3 Å². The summed E-state index contributed by atoms with van der Waals surface area (Å²) in [6, 6.07) is 7.31. The van der Waals surface area contributed by atoms with Crippen LogP contribution < -0.4 is 15.4 Å². The number of carbonyl (C=O) groups excluding carboxylic acids is 1. The van der Waals surface area contributed by atoms with Gasteiger partial charge in [0, 0.05) is 18.1 Å². The fraction of sp³-hybridized carbons (Fsp3) is 0.417. The lowest BCUT2D eigenvalue weighted by atomic mass is 10.2. The van der Waals surface area contributed by atoms with Crippen molar-refractivity contribution in [1.29, 1.82) is 0 Å². The molecule has 0 aliphatic carbocycles. The van der Waals surface area contributed by atoms with Gasteiger partial charge in [0.1, 0.15) is 5.75 Å². The third-order valence-corrected chi connectivity index (χ3v) is 3.66. The predicted molar refractivity (Wildman–Crippen MR) is 70.7 cm³/mol. The van der Waals surface area contributed by atoms with Gasteiger partial charge in [0.25, 0.3) is 0 Å². The molecule has 1 unspecified atom stereocenters. The summed E-state index contributed by atoms with van der Waals surface area (Å²) < 4.78 is 5.19. The Morgan fingerprint density at radius 3 is 3.06 bits per heavy atom. The molecule has 1 fully saturated rings. The SMILES string of the molecule is COc1ccccc1NC(=O)C1CSCCN1. The second kappa shape index (κ2) is 5.93. The van der Waals surface area contributed by atoms with Crippen molar-refractivity contribution in [2.75, 3.05) is 30.5 Å². The molecule has 1 amide bonds. The van der Waals surface area contributed by atoms with Crippen LogP contribution in [0.5, 0.6) is 5.75 Å². The maximum Gasteiger partial charge on any atom is 0.242 e. The second-order valence-corrected chi connectivity index (χ2v) is 4.92. The van der Waals surface area contributed by atoms with Crippen LogP contribution in [0.2, 0.25) is 0 Å². The van der Waals surface area contributed by atoms with Crippen molar-refractivity contribution in [2.45, 2.75) is 6.04 Å². The molecule has 0 saturated carbocycles. The largest absolute Gasteiger partial charge is 0.495 e. The van der Waals surface area contributed by atoms with E-state index in [9.17, 15) is 4.79 Å². The van der Waals surface area contributed by atoms with Crippen molar-refractivity contribution in [3.8, 4) is 5.75 Å². The molecule has 1 aromatic rings. The Bertz CT molecular complexity index is 392. The standard InChI is InChI=1S/C12H16N2O2S/c1-16-11-5-3-2-4-9(11)14-12(15)10-8-17-7-6-13-10/h2-5,10,13H,6-8H2,1H3,(H,14,15). The third kappa shape index (κ3) is 3.14. The molecule has 1 saturated heterocycles. The molecular formula is C12H16N2O2S. The average molecular weight is 252 g/mol. The number of amides is 1. The van der Waals surface area contributed by atoms with Crippen molar-refractivity contribution < 1.29 is 9.53 Å². The summed E-state index contributed by atoms with van der Waals surface area (Å²) >= 11 is 1.80. The van der Waals surface area contributed by atoms with E-state index >= 15 is 0 Å². The predicted octanol–water partition coefficient (Wildman–Crippen LogP) is 1.34. The van der Waals surface area contributed by atoms with E-state index in [0.29, 0.717) is 5.75 Å². The first kappa shape index (κ1) is 12.3. The van der Waals surface area contributed by atoms with E-state index in [0.717, 1.165) is 23.7 Å². The van der Waals surface area contributed by atoms with Crippen molar-refractivity contribution in [2.24, 2.45) is 0 Å². The van der Waals surface area contributed by atoms with E-state index in [2.05, 4.69) is 10.6 Å². The van der Waals surface area contributed by atoms with Gasteiger partial charge in [-0.3, -0.25) is 4.79 Å². The molecule has 2 N–H and O–H groups in total. The first-order valence-corrected chi connectivity index (χ1v) is 6.72. The Morgan fingerprint density at radius 2 is 2.35 bits per heavy atom. The van der Waals surface area contributed by atoms with Gasteiger partial charge in [-0.2, -0.15) is 11.8 Å². The molecule has 1 heterocycles. The van der Waals surface area contributed by atoms with Gasteiger partial charge in [0.05, 0.1) is 18.8 Å². The number of nitrogens with one attached hydrogen (secondary N) is 2. The topological polar surface area (TPSA) is 50.4 Å². The smallest absolute Gasteiger partial charge is 0.242 e. The van der Waals surface area contributed by atoms with Crippen LogP contribution in [0.25, 0.3) is 0 Å². The lowest BCUT2D eigenvalue weighted by molar-refractivity contribution is -0.117. The van der Waals surface area contributed by atoms with E-state index in [1.165, 1.54) is 0 Å². The Labute approximate surface area is 105 Å². The van der Waals surface area contributed by atoms with Crippen LogP contribution in [0.1, 0.15) is 0 Å². The lowest BCUT2D eigenvalue weighted by Gasteiger charge is -2.22. The maximum absolute atomic E-state index is 12.0. The first-order chi connectivity index (χ1) is 8.31. The van der Waals surface area contributed by atoms with Crippen molar-refractivity contribution in [1.82, 2.24) is 5.32 Å². The van der Waals surface area contributed by atoms with Crippen LogP contribution >= 0.6 is 11.8 Å². The molecular weight excluding hydrogens is 236 g/mol. The number of thioether (sulfide) groups is 1. The fourth-order valence-corrected chi connectivity index (χ4v) is 2.64. The van der Waals surface area contributed by atoms with Crippen LogP contribution in [0.3, 0.4) is 0 Å². The highest BCUT2D eigenvalue weighted by atomic mass is 32.2. The summed E-state index contributed by atoms with van der Waals surface area (Å²) in [6.07, 6.45) is 0. The molecule has 1 atom stereocenters.